The molecule has 7 aromatic heterocycles. The van der Waals surface area contributed by atoms with Gasteiger partial charge in [-0.2, -0.15) is 5.26 Å². The van der Waals surface area contributed by atoms with Gasteiger partial charge in [0.1, 0.15) is 28.4 Å². The highest BCUT2D eigenvalue weighted by Gasteiger charge is 2.31. The van der Waals surface area contributed by atoms with E-state index in [2.05, 4.69) is 77.1 Å². The van der Waals surface area contributed by atoms with Crippen LogP contribution in [-0.4, -0.2) is 133 Å². The van der Waals surface area contributed by atoms with Crippen molar-refractivity contribution in [3.8, 4) is 40.0 Å². The Bertz CT molecular complexity index is 3040. The van der Waals surface area contributed by atoms with E-state index in [-0.39, 0.29) is 30.0 Å². The predicted molar refractivity (Wildman–Crippen MR) is 284 cm³/mol. The first-order chi connectivity index (χ1) is 36.6. The van der Waals surface area contributed by atoms with Crippen LogP contribution in [0.2, 0.25) is 0 Å². The number of halogens is 1. The van der Waals surface area contributed by atoms with Gasteiger partial charge in [0.05, 0.1) is 31.3 Å². The van der Waals surface area contributed by atoms with Crippen LogP contribution >= 0.6 is 15.9 Å². The molecule has 3 amide bonds. The van der Waals surface area contributed by atoms with E-state index < -0.39 is 17.5 Å². The molecule has 0 unspecified atom stereocenters. The van der Waals surface area contributed by atoms with E-state index >= 15 is 0 Å². The standard InChI is InChI=1S/C20H24N4O3.C16H15N5O.C12H10N2O2.C7H6BrNO2/c1-20(2,3)27-19(26)24-11-9-15(13-24)23-18(25)17-8-7-14(12-22-17)16-6-4-5-10-21-16;17-11-21-8-6-13(10-21)20-16(22)15-5-4-12(9-19-15)14-3-1-2-7-18-14;1-16-12(15)11-6-5-9(8-14-11)10-4-2-3-7-13-10;1-11-7(10)6-3-2-5(8)4-9-6/h4-8,10,12,15H,9,11,13H2,1-3H3,(H,23,25);1-5,7,9,13H,6,8,10H2,(H,20,22);2-8H,1H3;2-4H,1H3/t15-;13-;;/m11../s1. The van der Waals surface area contributed by atoms with Gasteiger partial charge >= 0.3 is 18.0 Å². The number of rotatable bonds is 9. The monoisotopic (exact) mass is 1090 g/mol. The number of esters is 2. The fourth-order valence-corrected chi connectivity index (χ4v) is 7.42. The first-order valence-electron chi connectivity index (χ1n) is 23.8. The van der Waals surface area contributed by atoms with Crippen LogP contribution in [-0.2, 0) is 14.2 Å². The number of ether oxygens (including phenoxy) is 3. The van der Waals surface area contributed by atoms with E-state index in [4.69, 9.17) is 10.00 Å². The summed E-state index contributed by atoms with van der Waals surface area (Å²) in [6, 6.07) is 30.6. The molecule has 7 aromatic rings. The van der Waals surface area contributed by atoms with Crippen LogP contribution in [0.15, 0.2) is 151 Å². The average Bonchev–Trinajstić information content (AvgIpc) is 4.13. The van der Waals surface area contributed by atoms with Crippen molar-refractivity contribution >= 4 is 45.8 Å². The van der Waals surface area contributed by atoms with E-state index in [1.165, 1.54) is 14.2 Å². The third-order valence-corrected chi connectivity index (χ3v) is 11.5. The molecular formula is C55H55BrN12O8. The van der Waals surface area contributed by atoms with Crippen LogP contribution in [0.3, 0.4) is 0 Å². The van der Waals surface area contributed by atoms with Gasteiger partial charge in [-0.05, 0) is 134 Å². The third-order valence-electron chi connectivity index (χ3n) is 11.0. The number of nitrogens with one attached hydrogen (secondary N) is 2. The van der Waals surface area contributed by atoms with Crippen LogP contribution in [0.5, 0.6) is 0 Å². The van der Waals surface area contributed by atoms with Crippen molar-refractivity contribution in [1.82, 2.24) is 55.3 Å². The summed E-state index contributed by atoms with van der Waals surface area (Å²) in [5, 5.41) is 14.7. The minimum atomic E-state index is -0.530. The maximum Gasteiger partial charge on any atom is 0.410 e. The fraction of sp³-hybridized carbons (Fsp3) is 0.255. The first-order valence-corrected chi connectivity index (χ1v) is 24.6. The van der Waals surface area contributed by atoms with E-state index in [1.54, 1.807) is 89.6 Å². The molecule has 0 saturated carbocycles. The quantitative estimate of drug-likeness (QED) is 0.0791. The van der Waals surface area contributed by atoms with E-state index in [1.807, 2.05) is 87.5 Å². The molecule has 2 saturated heterocycles. The molecule has 0 radical (unpaired) electrons. The Morgan fingerprint density at radius 2 is 0.987 bits per heavy atom. The molecule has 2 atom stereocenters. The number of amides is 3. The summed E-state index contributed by atoms with van der Waals surface area (Å²) in [6.07, 6.45) is 14.8. The van der Waals surface area contributed by atoms with Gasteiger partial charge in [-0.3, -0.25) is 34.5 Å². The third kappa shape index (κ3) is 17.3. The number of carbonyl (C=O) groups excluding carboxylic acids is 5. The van der Waals surface area contributed by atoms with Crippen molar-refractivity contribution in [2.75, 3.05) is 40.4 Å². The molecule has 9 rings (SSSR count). The van der Waals surface area contributed by atoms with Crippen LogP contribution in [0.25, 0.3) is 33.8 Å². The molecular weight excluding hydrogens is 1040 g/mol. The van der Waals surface area contributed by atoms with Crippen LogP contribution < -0.4 is 10.6 Å². The van der Waals surface area contributed by atoms with Gasteiger partial charge in [0.25, 0.3) is 11.8 Å². The zero-order valence-electron chi connectivity index (χ0n) is 42.4. The van der Waals surface area contributed by atoms with Crippen LogP contribution in [0.1, 0.15) is 75.6 Å². The topological polar surface area (TPSA) is 258 Å². The number of likely N-dealkylation sites (tertiary alicyclic amines) is 2. The Morgan fingerprint density at radius 3 is 1.34 bits per heavy atom. The highest BCUT2D eigenvalue weighted by molar-refractivity contribution is 9.10. The molecule has 0 bridgehead atoms. The average molecular weight is 1090 g/mol. The minimum absolute atomic E-state index is 0.00409. The van der Waals surface area contributed by atoms with Gasteiger partial charge in [-0.1, -0.05) is 18.2 Å². The summed E-state index contributed by atoms with van der Waals surface area (Å²) in [4.78, 5) is 90.9. The van der Waals surface area contributed by atoms with Gasteiger partial charge in [0.2, 0.25) is 0 Å². The maximum absolute atomic E-state index is 12.4. The summed E-state index contributed by atoms with van der Waals surface area (Å²) in [5.41, 5.74) is 5.83. The zero-order valence-corrected chi connectivity index (χ0v) is 44.0. The van der Waals surface area contributed by atoms with E-state index in [0.29, 0.717) is 55.4 Å². The predicted octanol–water partition coefficient (Wildman–Crippen LogP) is 7.87. The Labute approximate surface area is 448 Å². The molecule has 390 valence electrons. The Morgan fingerprint density at radius 1 is 0.566 bits per heavy atom. The number of methoxy groups -OCH3 is 2. The fourth-order valence-electron chi connectivity index (χ4n) is 7.19. The molecule has 2 aliphatic rings. The second-order valence-corrected chi connectivity index (χ2v) is 18.6. The van der Waals surface area contributed by atoms with Crippen molar-refractivity contribution in [2.45, 2.75) is 51.3 Å². The highest BCUT2D eigenvalue weighted by Crippen LogP contribution is 2.20. The van der Waals surface area contributed by atoms with Gasteiger partial charge < -0.3 is 34.6 Å². The molecule has 2 fully saturated rings. The summed E-state index contributed by atoms with van der Waals surface area (Å²) in [6.45, 7) is 7.75. The Kier molecular flexibility index (Phi) is 20.6. The second-order valence-electron chi connectivity index (χ2n) is 17.7. The van der Waals surface area contributed by atoms with Crippen LogP contribution in [0, 0.1) is 11.5 Å². The largest absolute Gasteiger partial charge is 0.464 e. The van der Waals surface area contributed by atoms with Crippen molar-refractivity contribution in [1.29, 1.82) is 5.26 Å². The Hall–Kier alpha value is -9.03. The first kappa shape index (κ1) is 56.3. The molecule has 21 heteroatoms. The highest BCUT2D eigenvalue weighted by atomic mass is 79.9. The minimum Gasteiger partial charge on any atom is -0.464 e. The number of hydrogen-bond acceptors (Lipinski definition) is 17. The molecule has 0 aliphatic carbocycles. The maximum atomic E-state index is 12.4. The lowest BCUT2D eigenvalue weighted by atomic mass is 10.1. The van der Waals surface area contributed by atoms with Crippen molar-refractivity contribution < 1.29 is 38.2 Å². The van der Waals surface area contributed by atoms with Crippen molar-refractivity contribution in [3.05, 3.63) is 174 Å². The normalized spacial score (nSPS) is 14.3. The lowest BCUT2D eigenvalue weighted by molar-refractivity contribution is 0.0289. The molecule has 9 heterocycles. The summed E-state index contributed by atoms with van der Waals surface area (Å²) >= 11 is 3.20. The lowest BCUT2D eigenvalue weighted by Gasteiger charge is -2.24. The number of aromatic nitrogens is 7. The summed E-state index contributed by atoms with van der Waals surface area (Å²) in [7, 11) is 2.66. The van der Waals surface area contributed by atoms with Crippen molar-refractivity contribution in [2.24, 2.45) is 0 Å². The van der Waals surface area contributed by atoms with E-state index in [0.717, 1.165) is 44.7 Å². The molecule has 0 aromatic carbocycles. The number of carbonyl (C=O) groups is 5. The Balaban J connectivity index is 0.000000172. The molecule has 2 N–H and O–H groups in total. The van der Waals surface area contributed by atoms with Gasteiger partial charge in [-0.15, -0.1) is 0 Å². The van der Waals surface area contributed by atoms with Crippen LogP contribution in [0.4, 0.5) is 4.79 Å². The van der Waals surface area contributed by atoms with E-state index in [9.17, 15) is 24.0 Å². The summed E-state index contributed by atoms with van der Waals surface area (Å²) < 4.78 is 15.2. The smallest absolute Gasteiger partial charge is 0.410 e. The number of hydrogen-bond donors (Lipinski definition) is 2. The van der Waals surface area contributed by atoms with Gasteiger partial charge in [-0.25, -0.2) is 24.4 Å². The number of nitrogens with zero attached hydrogens (tertiary/aromatic N) is 10. The van der Waals surface area contributed by atoms with Gasteiger partial charge in [0.15, 0.2) is 6.19 Å². The second kappa shape index (κ2) is 27.9. The van der Waals surface area contributed by atoms with Gasteiger partial charge in [0, 0.05) is 103 Å². The SMILES string of the molecule is CC(C)(C)OC(=O)N1CC[C@@H](NC(=O)c2ccc(-c3ccccn3)cn2)C1.COC(=O)c1ccc(-c2ccccn2)cn1.COC(=O)c1ccc(Br)cn1.N#CN1CC[C@@H](NC(=O)c2ccc(-c3ccccn3)cn2)C1. The zero-order chi connectivity index (χ0) is 54.5. The molecule has 20 nitrogen and oxygen atoms in total. The number of nitriles is 1. The summed E-state index contributed by atoms with van der Waals surface area (Å²) in [5.74, 6) is -1.32. The molecule has 76 heavy (non-hydrogen) atoms. The molecule has 0 spiro atoms. The molecule has 2 aliphatic heterocycles. The lowest BCUT2D eigenvalue weighted by Crippen LogP contribution is -2.40. The van der Waals surface area contributed by atoms with Crippen molar-refractivity contribution in [3.63, 3.8) is 0 Å². The number of pyridine rings is 7.